The Balaban J connectivity index is 1.83. The van der Waals surface area contributed by atoms with E-state index in [-0.39, 0.29) is 36.6 Å². The SMILES string of the molecule is CC1(C)[C@@H](CO)C[C@H]1Nc1nc(NCc2cnccc2C(F)(F)F)ncc1C(F)(F)F. The van der Waals surface area contributed by atoms with Crippen LogP contribution < -0.4 is 10.6 Å². The zero-order valence-corrected chi connectivity index (χ0v) is 16.6. The van der Waals surface area contributed by atoms with Gasteiger partial charge in [0.15, 0.2) is 0 Å². The molecule has 0 aromatic carbocycles. The molecule has 2 aromatic rings. The Labute approximate surface area is 174 Å². The molecular formula is C19H21F6N5O. The van der Waals surface area contributed by atoms with Crippen molar-refractivity contribution in [2.24, 2.45) is 11.3 Å². The molecule has 12 heteroatoms. The van der Waals surface area contributed by atoms with E-state index in [1.807, 2.05) is 13.8 Å². The van der Waals surface area contributed by atoms with Crippen LogP contribution in [0.4, 0.5) is 38.1 Å². The third-order valence-electron chi connectivity index (χ3n) is 5.74. The van der Waals surface area contributed by atoms with Crippen LogP contribution >= 0.6 is 0 Å². The zero-order chi connectivity index (χ0) is 23.0. The van der Waals surface area contributed by atoms with Crippen molar-refractivity contribution >= 4 is 11.8 Å². The first-order valence-electron chi connectivity index (χ1n) is 9.39. The molecule has 2 aromatic heterocycles. The Morgan fingerprint density at radius 2 is 1.77 bits per heavy atom. The molecule has 2 atom stereocenters. The van der Waals surface area contributed by atoms with Gasteiger partial charge < -0.3 is 15.7 Å². The van der Waals surface area contributed by atoms with Crippen molar-refractivity contribution in [3.63, 3.8) is 0 Å². The van der Waals surface area contributed by atoms with E-state index < -0.39 is 34.7 Å². The summed E-state index contributed by atoms with van der Waals surface area (Å²) in [5, 5.41) is 14.7. The molecule has 1 fully saturated rings. The van der Waals surface area contributed by atoms with Gasteiger partial charge in [-0.25, -0.2) is 4.98 Å². The number of pyridine rings is 1. The van der Waals surface area contributed by atoms with Gasteiger partial charge in [-0.2, -0.15) is 31.3 Å². The first kappa shape index (κ1) is 23.0. The average Bonchev–Trinajstić information content (AvgIpc) is 2.68. The van der Waals surface area contributed by atoms with Gasteiger partial charge in [0.1, 0.15) is 11.4 Å². The van der Waals surface area contributed by atoms with Crippen LogP contribution in [0.15, 0.2) is 24.7 Å². The normalized spacial score (nSPS) is 20.8. The number of nitrogens with one attached hydrogen (secondary N) is 2. The van der Waals surface area contributed by atoms with Gasteiger partial charge in [-0.1, -0.05) is 13.8 Å². The maximum atomic E-state index is 13.4. The number of hydrogen-bond acceptors (Lipinski definition) is 6. The first-order chi connectivity index (χ1) is 14.3. The summed E-state index contributed by atoms with van der Waals surface area (Å²) in [6, 6.07) is 0.442. The number of nitrogens with zero attached hydrogens (tertiary/aromatic N) is 3. The molecule has 3 rings (SSSR count). The van der Waals surface area contributed by atoms with Gasteiger partial charge in [0.2, 0.25) is 5.95 Å². The standard InChI is InChI=1S/C19H21F6N5O/c1-17(2)11(9-31)5-14(17)29-15-13(19(23,24)25)8-28-16(30-15)27-7-10-6-26-4-3-12(10)18(20,21)22/h3-4,6,8,11,14,31H,5,7,9H2,1-2H3,(H2,27,28,29,30)/t11-,14-/m1/s1. The molecule has 0 amide bonds. The molecule has 1 saturated carbocycles. The molecule has 0 unspecified atom stereocenters. The van der Waals surface area contributed by atoms with Crippen molar-refractivity contribution in [2.45, 2.75) is 45.2 Å². The van der Waals surface area contributed by atoms with Crippen LogP contribution in [0.5, 0.6) is 0 Å². The van der Waals surface area contributed by atoms with Crippen molar-refractivity contribution in [2.75, 3.05) is 17.2 Å². The molecule has 0 aliphatic heterocycles. The number of rotatable bonds is 6. The van der Waals surface area contributed by atoms with E-state index in [1.54, 1.807) is 0 Å². The Hall–Kier alpha value is -2.63. The van der Waals surface area contributed by atoms with E-state index in [4.69, 9.17) is 0 Å². The number of hydrogen-bond donors (Lipinski definition) is 3. The fourth-order valence-corrected chi connectivity index (χ4v) is 3.54. The highest BCUT2D eigenvalue weighted by Crippen LogP contribution is 2.48. The number of aliphatic hydroxyl groups is 1. The second-order valence-electron chi connectivity index (χ2n) is 7.97. The Kier molecular flexibility index (Phi) is 6.05. The van der Waals surface area contributed by atoms with Crippen LogP contribution in [-0.2, 0) is 18.9 Å². The van der Waals surface area contributed by atoms with Gasteiger partial charge in [-0.3, -0.25) is 4.98 Å². The molecule has 0 spiro atoms. The Morgan fingerprint density at radius 1 is 1.10 bits per heavy atom. The fraction of sp³-hybridized carbons (Fsp3) is 0.526. The molecular weight excluding hydrogens is 428 g/mol. The van der Waals surface area contributed by atoms with Crippen LogP contribution in [0.3, 0.4) is 0 Å². The lowest BCUT2D eigenvalue weighted by Gasteiger charge is -2.52. The topological polar surface area (TPSA) is 83.0 Å². The highest BCUT2D eigenvalue weighted by Gasteiger charge is 2.48. The van der Waals surface area contributed by atoms with E-state index in [0.717, 1.165) is 18.5 Å². The smallest absolute Gasteiger partial charge is 0.396 e. The minimum atomic E-state index is -4.72. The highest BCUT2D eigenvalue weighted by atomic mass is 19.4. The van der Waals surface area contributed by atoms with Crippen molar-refractivity contribution < 1.29 is 31.4 Å². The molecule has 170 valence electrons. The number of aliphatic hydroxyl groups excluding tert-OH is 1. The van der Waals surface area contributed by atoms with E-state index in [9.17, 15) is 31.4 Å². The van der Waals surface area contributed by atoms with Crippen molar-refractivity contribution in [3.05, 3.63) is 41.3 Å². The summed E-state index contributed by atoms with van der Waals surface area (Å²) in [5.74, 6) is -0.796. The lowest BCUT2D eigenvalue weighted by atomic mass is 9.59. The van der Waals surface area contributed by atoms with E-state index in [1.165, 1.54) is 0 Å². The van der Waals surface area contributed by atoms with E-state index in [2.05, 4.69) is 25.6 Å². The van der Waals surface area contributed by atoms with Crippen LogP contribution in [0, 0.1) is 11.3 Å². The number of alkyl halides is 6. The fourth-order valence-electron chi connectivity index (χ4n) is 3.54. The maximum Gasteiger partial charge on any atom is 0.421 e. The summed E-state index contributed by atoms with van der Waals surface area (Å²) in [6.45, 7) is 3.18. The minimum absolute atomic E-state index is 0.0647. The van der Waals surface area contributed by atoms with Crippen molar-refractivity contribution in [1.82, 2.24) is 15.0 Å². The summed E-state index contributed by atoms with van der Waals surface area (Å²) in [4.78, 5) is 11.1. The summed E-state index contributed by atoms with van der Waals surface area (Å²) < 4.78 is 79.5. The molecule has 0 bridgehead atoms. The van der Waals surface area contributed by atoms with Gasteiger partial charge in [0.25, 0.3) is 0 Å². The van der Waals surface area contributed by atoms with Crippen LogP contribution in [0.25, 0.3) is 0 Å². The summed E-state index contributed by atoms with van der Waals surface area (Å²) in [7, 11) is 0. The van der Waals surface area contributed by atoms with Crippen LogP contribution in [-0.4, -0.2) is 32.7 Å². The second-order valence-corrected chi connectivity index (χ2v) is 7.97. The molecule has 0 radical (unpaired) electrons. The zero-order valence-electron chi connectivity index (χ0n) is 16.6. The Morgan fingerprint density at radius 3 is 2.35 bits per heavy atom. The summed E-state index contributed by atoms with van der Waals surface area (Å²) in [5.41, 5.74) is -2.66. The quantitative estimate of drug-likeness (QED) is 0.570. The van der Waals surface area contributed by atoms with E-state index in [0.29, 0.717) is 12.6 Å². The number of aromatic nitrogens is 3. The first-order valence-corrected chi connectivity index (χ1v) is 9.39. The monoisotopic (exact) mass is 449 g/mol. The van der Waals surface area contributed by atoms with Crippen molar-refractivity contribution in [1.29, 1.82) is 0 Å². The van der Waals surface area contributed by atoms with Gasteiger partial charge >= 0.3 is 12.4 Å². The van der Waals surface area contributed by atoms with Crippen LogP contribution in [0.1, 0.15) is 37.0 Å². The second kappa shape index (κ2) is 8.13. The molecule has 0 saturated heterocycles. The van der Waals surface area contributed by atoms with Gasteiger partial charge in [-0.05, 0) is 23.8 Å². The molecule has 31 heavy (non-hydrogen) atoms. The minimum Gasteiger partial charge on any atom is -0.396 e. The van der Waals surface area contributed by atoms with Gasteiger partial charge in [0, 0.05) is 43.3 Å². The predicted molar refractivity (Wildman–Crippen MR) is 100.0 cm³/mol. The lowest BCUT2D eigenvalue weighted by molar-refractivity contribution is -0.138. The number of anilines is 2. The average molecular weight is 449 g/mol. The maximum absolute atomic E-state index is 13.4. The van der Waals surface area contributed by atoms with Gasteiger partial charge in [0.05, 0.1) is 5.56 Å². The number of halogens is 6. The molecule has 6 nitrogen and oxygen atoms in total. The van der Waals surface area contributed by atoms with Crippen molar-refractivity contribution in [3.8, 4) is 0 Å². The Bertz CT molecular complexity index is 931. The summed E-state index contributed by atoms with van der Waals surface area (Å²) in [6.07, 6.45) is -6.27. The van der Waals surface area contributed by atoms with Crippen LogP contribution in [0.2, 0.25) is 0 Å². The lowest BCUT2D eigenvalue weighted by Crippen LogP contribution is -2.55. The third kappa shape index (κ3) is 4.83. The van der Waals surface area contributed by atoms with E-state index >= 15 is 0 Å². The summed E-state index contributed by atoms with van der Waals surface area (Å²) >= 11 is 0. The van der Waals surface area contributed by atoms with Gasteiger partial charge in [-0.15, -0.1) is 0 Å². The highest BCUT2D eigenvalue weighted by molar-refractivity contribution is 5.50. The molecule has 3 N–H and O–H groups in total. The molecule has 1 aliphatic rings. The predicted octanol–water partition coefficient (Wildman–Crippen LogP) is 4.34. The molecule has 2 heterocycles. The largest absolute Gasteiger partial charge is 0.421 e. The third-order valence-corrected chi connectivity index (χ3v) is 5.74. The molecule has 1 aliphatic carbocycles.